The highest BCUT2D eigenvalue weighted by atomic mass is 19.4. The third-order valence-electron chi connectivity index (χ3n) is 1.91. The van der Waals surface area contributed by atoms with E-state index in [0.717, 1.165) is 12.1 Å². The Balaban J connectivity index is 2.33. The largest absolute Gasteiger partial charge is 0.416 e. The first-order valence-corrected chi connectivity index (χ1v) is 4.16. The molecule has 15 heavy (non-hydrogen) atoms. The summed E-state index contributed by atoms with van der Waals surface area (Å²) in [4.78, 5) is 0. The van der Waals surface area contributed by atoms with E-state index in [0.29, 0.717) is 5.69 Å². The van der Waals surface area contributed by atoms with Crippen LogP contribution in [0.5, 0.6) is 0 Å². The van der Waals surface area contributed by atoms with E-state index in [4.69, 9.17) is 0 Å². The van der Waals surface area contributed by atoms with Gasteiger partial charge in [-0.3, -0.25) is 0 Å². The van der Waals surface area contributed by atoms with Gasteiger partial charge >= 0.3 is 6.18 Å². The van der Waals surface area contributed by atoms with Gasteiger partial charge < -0.3 is 0 Å². The molecule has 0 aliphatic carbocycles. The van der Waals surface area contributed by atoms with E-state index < -0.39 is 11.7 Å². The quantitative estimate of drug-likeness (QED) is 0.709. The number of hydrogen-bond acceptors (Lipinski definition) is 1. The summed E-state index contributed by atoms with van der Waals surface area (Å²) < 4.78 is 38.1. The number of nitrogens with zero attached hydrogens (tertiary/aromatic N) is 2. The molecule has 5 heteroatoms. The molecule has 0 aliphatic rings. The fraction of sp³-hybridized carbons (Fsp3) is 0.100. The molecule has 1 heterocycles. The lowest BCUT2D eigenvalue weighted by Crippen LogP contribution is -2.05. The molecule has 0 bridgehead atoms. The van der Waals surface area contributed by atoms with Gasteiger partial charge in [0.25, 0.3) is 0 Å². The second-order valence-corrected chi connectivity index (χ2v) is 2.93. The lowest BCUT2D eigenvalue weighted by atomic mass is 10.2. The number of halogens is 3. The standard InChI is InChI=1S/C10H6F3N2/c11-10(12,13)8-2-4-9(5-3-8)15-7-1-6-14-15/h2-7H. The molecule has 1 aromatic heterocycles. The maximum Gasteiger partial charge on any atom is 0.416 e. The zero-order chi connectivity index (χ0) is 10.9. The van der Waals surface area contributed by atoms with Gasteiger partial charge in [0.2, 0.25) is 0 Å². The minimum Gasteiger partial charge on any atom is -0.240 e. The molecule has 0 aliphatic heterocycles. The molecule has 0 unspecified atom stereocenters. The van der Waals surface area contributed by atoms with Gasteiger partial charge in [-0.05, 0) is 24.3 Å². The van der Waals surface area contributed by atoms with Gasteiger partial charge in [-0.2, -0.15) is 18.3 Å². The summed E-state index contributed by atoms with van der Waals surface area (Å²) in [6.45, 7) is 0. The Morgan fingerprint density at radius 1 is 1.13 bits per heavy atom. The van der Waals surface area contributed by atoms with Crippen LogP contribution in [-0.2, 0) is 6.18 Å². The number of hydrogen-bond donors (Lipinski definition) is 0. The maximum atomic E-state index is 12.2. The third-order valence-corrected chi connectivity index (χ3v) is 1.91. The van der Waals surface area contributed by atoms with Crippen LogP contribution in [0.1, 0.15) is 5.56 Å². The molecule has 2 aromatic rings. The summed E-state index contributed by atoms with van der Waals surface area (Å²) in [5.41, 5.74) is -0.0911. The van der Waals surface area contributed by atoms with Crippen LogP contribution in [0.15, 0.2) is 36.7 Å². The Hall–Kier alpha value is -1.78. The number of benzene rings is 1. The highest BCUT2D eigenvalue weighted by Gasteiger charge is 2.29. The van der Waals surface area contributed by atoms with Crippen molar-refractivity contribution in [2.45, 2.75) is 6.18 Å². The van der Waals surface area contributed by atoms with Crippen LogP contribution in [0, 0.1) is 6.07 Å². The van der Waals surface area contributed by atoms with Crippen LogP contribution in [0.4, 0.5) is 13.2 Å². The zero-order valence-electron chi connectivity index (χ0n) is 7.49. The molecule has 0 fully saturated rings. The van der Waals surface area contributed by atoms with Gasteiger partial charge in [0.1, 0.15) is 0 Å². The Kier molecular flexibility index (Phi) is 2.22. The first-order valence-electron chi connectivity index (χ1n) is 4.16. The molecule has 77 valence electrons. The Bertz CT molecular complexity index is 429. The monoisotopic (exact) mass is 211 g/mol. The average Bonchev–Trinajstić information content (AvgIpc) is 2.69. The Morgan fingerprint density at radius 2 is 1.80 bits per heavy atom. The van der Waals surface area contributed by atoms with Gasteiger partial charge in [-0.25, -0.2) is 4.68 Å². The predicted octanol–water partition coefficient (Wildman–Crippen LogP) is 2.69. The minimum absolute atomic E-state index is 0.573. The molecule has 0 saturated heterocycles. The van der Waals surface area contributed by atoms with E-state index in [2.05, 4.69) is 11.2 Å². The van der Waals surface area contributed by atoms with Crippen molar-refractivity contribution in [2.24, 2.45) is 0 Å². The van der Waals surface area contributed by atoms with Crippen molar-refractivity contribution >= 4 is 0 Å². The first kappa shape index (κ1) is 9.76. The lowest BCUT2D eigenvalue weighted by molar-refractivity contribution is -0.137. The van der Waals surface area contributed by atoms with E-state index in [9.17, 15) is 13.2 Å². The van der Waals surface area contributed by atoms with Crippen molar-refractivity contribution in [2.75, 3.05) is 0 Å². The highest BCUT2D eigenvalue weighted by Crippen LogP contribution is 2.29. The molecule has 1 aromatic carbocycles. The second-order valence-electron chi connectivity index (χ2n) is 2.93. The zero-order valence-corrected chi connectivity index (χ0v) is 7.49. The van der Waals surface area contributed by atoms with Crippen molar-refractivity contribution < 1.29 is 13.2 Å². The summed E-state index contributed by atoms with van der Waals surface area (Å²) in [7, 11) is 0. The summed E-state index contributed by atoms with van der Waals surface area (Å²) in [6, 6.07) is 7.48. The lowest BCUT2D eigenvalue weighted by Gasteiger charge is -2.07. The Labute approximate surface area is 84.0 Å². The van der Waals surface area contributed by atoms with Crippen molar-refractivity contribution in [3.8, 4) is 5.69 Å². The first-order chi connectivity index (χ1) is 7.07. The van der Waals surface area contributed by atoms with Gasteiger partial charge in [0.15, 0.2) is 0 Å². The molecule has 0 atom stereocenters. The number of aromatic nitrogens is 2. The predicted molar refractivity (Wildman–Crippen MR) is 47.4 cm³/mol. The van der Waals surface area contributed by atoms with E-state index in [1.54, 1.807) is 6.20 Å². The molecular weight excluding hydrogens is 205 g/mol. The normalized spacial score (nSPS) is 11.7. The second kappa shape index (κ2) is 3.42. The molecule has 1 radical (unpaired) electrons. The van der Waals surface area contributed by atoms with Crippen LogP contribution in [-0.4, -0.2) is 9.78 Å². The number of rotatable bonds is 1. The summed E-state index contributed by atoms with van der Waals surface area (Å²) >= 11 is 0. The molecule has 2 nitrogen and oxygen atoms in total. The van der Waals surface area contributed by atoms with Crippen LogP contribution >= 0.6 is 0 Å². The van der Waals surface area contributed by atoms with Crippen molar-refractivity contribution in [1.29, 1.82) is 0 Å². The molecule has 0 N–H and O–H groups in total. The summed E-state index contributed by atoms with van der Waals surface area (Å²) in [5, 5.41) is 3.86. The highest BCUT2D eigenvalue weighted by molar-refractivity contribution is 5.34. The molecule has 0 saturated carbocycles. The van der Waals surface area contributed by atoms with Crippen molar-refractivity contribution in [3.05, 3.63) is 48.3 Å². The van der Waals surface area contributed by atoms with E-state index in [1.165, 1.54) is 23.0 Å². The van der Waals surface area contributed by atoms with Crippen LogP contribution in [0.25, 0.3) is 5.69 Å². The average molecular weight is 211 g/mol. The topological polar surface area (TPSA) is 17.8 Å². The maximum absolute atomic E-state index is 12.2. The van der Waals surface area contributed by atoms with Gasteiger partial charge in [-0.15, -0.1) is 0 Å². The molecule has 0 amide bonds. The molecule has 0 spiro atoms. The van der Waals surface area contributed by atoms with Gasteiger partial charge in [0, 0.05) is 12.3 Å². The van der Waals surface area contributed by atoms with E-state index in [-0.39, 0.29) is 0 Å². The molecular formula is C10H6F3N2. The van der Waals surface area contributed by atoms with Crippen LogP contribution in [0.2, 0.25) is 0 Å². The van der Waals surface area contributed by atoms with E-state index in [1.807, 2.05) is 0 Å². The SMILES string of the molecule is FC(F)(F)c1ccc(-n2c[c]cn2)cc1. The summed E-state index contributed by atoms with van der Waals surface area (Å²) in [5.74, 6) is 0. The molecule has 2 rings (SSSR count). The minimum atomic E-state index is -4.30. The Morgan fingerprint density at radius 3 is 2.27 bits per heavy atom. The smallest absolute Gasteiger partial charge is 0.240 e. The van der Waals surface area contributed by atoms with Crippen molar-refractivity contribution in [3.63, 3.8) is 0 Å². The van der Waals surface area contributed by atoms with Crippen LogP contribution < -0.4 is 0 Å². The fourth-order valence-electron chi connectivity index (χ4n) is 1.18. The van der Waals surface area contributed by atoms with Gasteiger partial charge in [0.05, 0.1) is 17.4 Å². The van der Waals surface area contributed by atoms with Gasteiger partial charge in [-0.1, -0.05) is 0 Å². The van der Waals surface area contributed by atoms with Crippen LogP contribution in [0.3, 0.4) is 0 Å². The van der Waals surface area contributed by atoms with Crippen molar-refractivity contribution in [1.82, 2.24) is 9.78 Å². The third kappa shape index (κ3) is 2.01. The van der Waals surface area contributed by atoms with E-state index >= 15 is 0 Å². The number of alkyl halides is 3. The fourth-order valence-corrected chi connectivity index (χ4v) is 1.18. The summed E-state index contributed by atoms with van der Waals surface area (Å²) in [6.07, 6.45) is -1.31.